The predicted octanol–water partition coefficient (Wildman–Crippen LogP) is 4.91. The Balaban J connectivity index is 1.36. The first kappa shape index (κ1) is 16.0. The number of hydrogen-bond donors (Lipinski definition) is 1. The Hall–Kier alpha value is -3.18. The molecule has 4 aromatic rings. The molecule has 5 rings (SSSR count). The third kappa shape index (κ3) is 3.06. The number of fused-ring (bicyclic) bond motifs is 2. The largest absolute Gasteiger partial charge is 0.480 e. The number of thiazole rings is 1. The van der Waals surface area contributed by atoms with Crippen molar-refractivity contribution in [3.05, 3.63) is 78.4 Å². The van der Waals surface area contributed by atoms with Crippen LogP contribution in [0.2, 0.25) is 0 Å². The molecule has 0 saturated carbocycles. The van der Waals surface area contributed by atoms with E-state index in [1.54, 1.807) is 11.3 Å². The van der Waals surface area contributed by atoms with Crippen LogP contribution in [0.1, 0.15) is 5.56 Å². The molecule has 0 aliphatic carbocycles. The predicted molar refractivity (Wildman–Crippen MR) is 108 cm³/mol. The molecule has 0 unspecified atom stereocenters. The van der Waals surface area contributed by atoms with Crippen molar-refractivity contribution < 1.29 is 9.53 Å². The number of nitrogens with one attached hydrogen (secondary N) is 1. The quantitative estimate of drug-likeness (QED) is 0.556. The van der Waals surface area contributed by atoms with Gasteiger partial charge < -0.3 is 10.1 Å². The van der Waals surface area contributed by atoms with Crippen molar-refractivity contribution in [3.63, 3.8) is 0 Å². The molecule has 1 amide bonds. The standard InChI is InChI=1S/C22H16N2O2S/c25-21(19-13-14-6-1-3-10-18(14)26-19)23-16-8-5-7-15(12-16)22-24-17-9-2-4-11-20(17)27-22/h1-12,19H,13H2,(H,23,25)/t19-/m1/s1. The Bertz CT molecular complexity index is 1090. The van der Waals surface area contributed by atoms with E-state index in [9.17, 15) is 4.79 Å². The molecule has 2 heterocycles. The molecule has 0 bridgehead atoms. The molecule has 1 aliphatic rings. The van der Waals surface area contributed by atoms with E-state index in [0.29, 0.717) is 6.42 Å². The second kappa shape index (κ2) is 6.52. The van der Waals surface area contributed by atoms with Crippen molar-refractivity contribution in [1.82, 2.24) is 4.98 Å². The van der Waals surface area contributed by atoms with Crippen molar-refractivity contribution in [2.75, 3.05) is 5.32 Å². The number of nitrogens with zero attached hydrogens (tertiary/aromatic N) is 1. The van der Waals surface area contributed by atoms with Gasteiger partial charge in [-0.25, -0.2) is 4.98 Å². The summed E-state index contributed by atoms with van der Waals surface area (Å²) in [5, 5.41) is 3.92. The van der Waals surface area contributed by atoms with Crippen LogP contribution in [0.25, 0.3) is 20.8 Å². The van der Waals surface area contributed by atoms with Crippen LogP contribution in [0.5, 0.6) is 5.75 Å². The Morgan fingerprint density at radius 1 is 1.04 bits per heavy atom. The summed E-state index contributed by atoms with van der Waals surface area (Å²) in [4.78, 5) is 17.3. The molecule has 1 aliphatic heterocycles. The van der Waals surface area contributed by atoms with Crippen molar-refractivity contribution in [2.24, 2.45) is 0 Å². The number of carbonyl (C=O) groups is 1. The zero-order valence-electron chi connectivity index (χ0n) is 14.4. The van der Waals surface area contributed by atoms with Gasteiger partial charge in [0.25, 0.3) is 5.91 Å². The number of benzene rings is 3. The smallest absolute Gasteiger partial charge is 0.265 e. The van der Waals surface area contributed by atoms with Gasteiger partial charge in [-0.15, -0.1) is 11.3 Å². The van der Waals surface area contributed by atoms with Crippen molar-refractivity contribution in [2.45, 2.75) is 12.5 Å². The summed E-state index contributed by atoms with van der Waals surface area (Å²) in [6, 6.07) is 23.6. The summed E-state index contributed by atoms with van der Waals surface area (Å²) in [5.74, 6) is 0.661. The highest BCUT2D eigenvalue weighted by Gasteiger charge is 2.28. The van der Waals surface area contributed by atoms with Gasteiger partial charge in [0.05, 0.1) is 10.2 Å². The number of amides is 1. The first-order chi connectivity index (χ1) is 13.3. The zero-order chi connectivity index (χ0) is 18.2. The van der Waals surface area contributed by atoms with Gasteiger partial charge >= 0.3 is 0 Å². The van der Waals surface area contributed by atoms with E-state index in [1.807, 2.05) is 66.7 Å². The molecule has 5 heteroatoms. The van der Waals surface area contributed by atoms with Gasteiger partial charge in [-0.1, -0.05) is 42.5 Å². The highest BCUT2D eigenvalue weighted by Crippen LogP contribution is 2.32. The summed E-state index contributed by atoms with van der Waals surface area (Å²) in [6.07, 6.45) is 0.105. The minimum atomic E-state index is -0.492. The molecule has 0 fully saturated rings. The normalized spacial score (nSPS) is 15.3. The number of para-hydroxylation sites is 2. The molecule has 0 saturated heterocycles. The van der Waals surface area contributed by atoms with Crippen LogP contribution >= 0.6 is 11.3 Å². The maximum atomic E-state index is 12.6. The summed E-state index contributed by atoms with van der Waals surface area (Å²) in [7, 11) is 0. The SMILES string of the molecule is O=C(Nc1cccc(-c2nc3ccccc3s2)c1)[C@H]1Cc2ccccc2O1. The molecule has 0 spiro atoms. The van der Waals surface area contributed by atoms with E-state index >= 15 is 0 Å². The third-order valence-electron chi connectivity index (χ3n) is 4.61. The molecule has 4 nitrogen and oxygen atoms in total. The lowest BCUT2D eigenvalue weighted by molar-refractivity contribution is -0.122. The second-order valence-corrected chi connectivity index (χ2v) is 7.51. The number of anilines is 1. The molecule has 3 aromatic carbocycles. The average molecular weight is 372 g/mol. The monoisotopic (exact) mass is 372 g/mol. The summed E-state index contributed by atoms with van der Waals surface area (Å²) < 4.78 is 6.93. The van der Waals surface area contributed by atoms with Crippen molar-refractivity contribution in [1.29, 1.82) is 0 Å². The van der Waals surface area contributed by atoms with E-state index in [0.717, 1.165) is 37.8 Å². The Morgan fingerprint density at radius 3 is 2.78 bits per heavy atom. The summed E-state index contributed by atoms with van der Waals surface area (Å²) in [6.45, 7) is 0. The Kier molecular flexibility index (Phi) is 3.87. The molecule has 132 valence electrons. The molecule has 27 heavy (non-hydrogen) atoms. The number of aromatic nitrogens is 1. The van der Waals surface area contributed by atoms with Crippen LogP contribution in [0, 0.1) is 0 Å². The average Bonchev–Trinajstić information content (AvgIpc) is 3.32. The lowest BCUT2D eigenvalue weighted by Gasteiger charge is -2.12. The fourth-order valence-electron chi connectivity index (χ4n) is 3.28. The molecule has 1 N–H and O–H groups in total. The molecular weight excluding hydrogens is 356 g/mol. The molecule has 1 aromatic heterocycles. The van der Waals surface area contributed by atoms with Crippen LogP contribution in [-0.2, 0) is 11.2 Å². The third-order valence-corrected chi connectivity index (χ3v) is 5.70. The van der Waals surface area contributed by atoms with Crippen molar-refractivity contribution >= 4 is 33.1 Å². The Morgan fingerprint density at radius 2 is 1.89 bits per heavy atom. The first-order valence-electron chi connectivity index (χ1n) is 8.78. The van der Waals surface area contributed by atoms with E-state index in [1.165, 1.54) is 0 Å². The van der Waals surface area contributed by atoms with Crippen LogP contribution in [-0.4, -0.2) is 17.0 Å². The maximum Gasteiger partial charge on any atom is 0.265 e. The Labute approximate surface area is 160 Å². The number of hydrogen-bond acceptors (Lipinski definition) is 4. The highest BCUT2D eigenvalue weighted by atomic mass is 32.1. The van der Waals surface area contributed by atoms with E-state index < -0.39 is 6.10 Å². The van der Waals surface area contributed by atoms with Gasteiger partial charge in [0.15, 0.2) is 6.10 Å². The van der Waals surface area contributed by atoms with Crippen LogP contribution in [0.4, 0.5) is 5.69 Å². The van der Waals surface area contributed by atoms with Crippen LogP contribution < -0.4 is 10.1 Å². The van der Waals surface area contributed by atoms with Crippen LogP contribution in [0.15, 0.2) is 72.8 Å². The summed E-state index contributed by atoms with van der Waals surface area (Å²) in [5.41, 5.74) is 3.80. The van der Waals surface area contributed by atoms with Gasteiger partial charge in [-0.3, -0.25) is 4.79 Å². The summed E-state index contributed by atoms with van der Waals surface area (Å²) >= 11 is 1.65. The second-order valence-electron chi connectivity index (χ2n) is 6.48. The molecule has 1 atom stereocenters. The van der Waals surface area contributed by atoms with Gasteiger partial charge in [0, 0.05) is 17.7 Å². The fraction of sp³-hybridized carbons (Fsp3) is 0.0909. The molecule has 0 radical (unpaired) electrons. The van der Waals surface area contributed by atoms with Crippen molar-refractivity contribution in [3.8, 4) is 16.3 Å². The number of ether oxygens (including phenoxy) is 1. The molecular formula is C22H16N2O2S. The van der Waals surface area contributed by atoms with E-state index in [4.69, 9.17) is 4.74 Å². The lowest BCUT2D eigenvalue weighted by atomic mass is 10.1. The number of carbonyl (C=O) groups excluding carboxylic acids is 1. The lowest BCUT2D eigenvalue weighted by Crippen LogP contribution is -2.31. The topological polar surface area (TPSA) is 51.2 Å². The van der Waals surface area contributed by atoms with Gasteiger partial charge in [0.1, 0.15) is 10.8 Å². The van der Waals surface area contributed by atoms with Gasteiger partial charge in [0.2, 0.25) is 0 Å². The maximum absolute atomic E-state index is 12.6. The first-order valence-corrected chi connectivity index (χ1v) is 9.59. The minimum Gasteiger partial charge on any atom is -0.480 e. The minimum absolute atomic E-state index is 0.132. The fourth-order valence-corrected chi connectivity index (χ4v) is 4.24. The van der Waals surface area contributed by atoms with Gasteiger partial charge in [-0.2, -0.15) is 0 Å². The highest BCUT2D eigenvalue weighted by molar-refractivity contribution is 7.21. The zero-order valence-corrected chi connectivity index (χ0v) is 15.2. The number of rotatable bonds is 3. The van der Waals surface area contributed by atoms with E-state index in [-0.39, 0.29) is 5.91 Å². The van der Waals surface area contributed by atoms with Gasteiger partial charge in [-0.05, 0) is 35.9 Å². The van der Waals surface area contributed by atoms with E-state index in [2.05, 4.69) is 16.4 Å². The van der Waals surface area contributed by atoms with Crippen LogP contribution in [0.3, 0.4) is 0 Å².